The predicted octanol–water partition coefficient (Wildman–Crippen LogP) is 2.95. The first-order chi connectivity index (χ1) is 6.07. The highest BCUT2D eigenvalue weighted by Gasteiger charge is 2.14. The summed E-state index contributed by atoms with van der Waals surface area (Å²) in [7, 11) is 0. The van der Waals surface area contributed by atoms with Crippen molar-refractivity contribution in [3.8, 4) is 17.2 Å². The Kier molecular flexibility index (Phi) is 3.24. The molecule has 1 rings (SSSR count). The number of halogens is 1. The summed E-state index contributed by atoms with van der Waals surface area (Å²) in [6, 6.07) is 3.21. The first kappa shape index (κ1) is 10.4. The van der Waals surface area contributed by atoms with Gasteiger partial charge in [-0.05, 0) is 12.0 Å². The molecule has 0 aliphatic rings. The van der Waals surface area contributed by atoms with Crippen molar-refractivity contribution in [3.63, 3.8) is 0 Å². The van der Waals surface area contributed by atoms with Gasteiger partial charge in [0.15, 0.2) is 34.5 Å². The van der Waals surface area contributed by atoms with Crippen LogP contribution in [0.5, 0.6) is 17.2 Å². The molecular weight excluding hydrogens is 283 g/mol. The topological polar surface area (TPSA) is 49.7 Å². The second-order valence-corrected chi connectivity index (χ2v) is 3.52. The number of benzene rings is 1. The lowest BCUT2D eigenvalue weighted by molar-refractivity contribution is 0.416. The van der Waals surface area contributed by atoms with Gasteiger partial charge in [-0.3, -0.25) is 0 Å². The van der Waals surface area contributed by atoms with E-state index >= 15 is 0 Å². The van der Waals surface area contributed by atoms with Crippen LogP contribution in [-0.4, -0.2) is 10.2 Å². The highest BCUT2D eigenvalue weighted by Crippen LogP contribution is 2.41. The van der Waals surface area contributed by atoms with Gasteiger partial charge in [0.25, 0.3) is 0 Å². The van der Waals surface area contributed by atoms with E-state index in [0.717, 1.165) is 5.56 Å². The molecule has 0 saturated carbocycles. The smallest absolute Gasteiger partial charge is 0.216 e. The third-order valence-corrected chi connectivity index (χ3v) is 2.28. The molecular formula is C9H11IO3. The van der Waals surface area contributed by atoms with Gasteiger partial charge >= 0.3 is 0 Å². The van der Waals surface area contributed by atoms with Crippen molar-refractivity contribution in [2.24, 2.45) is 0 Å². The van der Waals surface area contributed by atoms with Crippen LogP contribution in [0.15, 0.2) is 12.1 Å². The number of phenolic OH excluding ortho intramolecular Hbond substituents is 2. The third-order valence-electron chi connectivity index (χ3n) is 1.84. The molecule has 0 atom stereocenters. The zero-order valence-corrected chi connectivity index (χ0v) is 9.57. The second-order valence-electron chi connectivity index (χ2n) is 3.08. The molecule has 3 nitrogen and oxygen atoms in total. The third kappa shape index (κ3) is 1.99. The van der Waals surface area contributed by atoms with Gasteiger partial charge in [0, 0.05) is 5.56 Å². The highest BCUT2D eigenvalue weighted by molar-refractivity contribution is 14.1. The van der Waals surface area contributed by atoms with Crippen LogP contribution < -0.4 is 3.07 Å². The molecule has 0 amide bonds. The minimum absolute atomic E-state index is 0.0180. The van der Waals surface area contributed by atoms with Crippen LogP contribution >= 0.6 is 23.0 Å². The average Bonchev–Trinajstić information content (AvgIpc) is 2.04. The van der Waals surface area contributed by atoms with Crippen molar-refractivity contribution in [2.45, 2.75) is 19.8 Å². The lowest BCUT2D eigenvalue weighted by Crippen LogP contribution is -1.89. The molecule has 0 aromatic heterocycles. The molecule has 0 spiro atoms. The monoisotopic (exact) mass is 294 g/mol. The van der Waals surface area contributed by atoms with Gasteiger partial charge in [-0.15, -0.1) is 0 Å². The van der Waals surface area contributed by atoms with Gasteiger partial charge in [0.1, 0.15) is 0 Å². The molecule has 1 aromatic carbocycles. The van der Waals surface area contributed by atoms with E-state index in [9.17, 15) is 10.2 Å². The normalized spacial score (nSPS) is 10.5. The Labute approximate surface area is 91.0 Å². The van der Waals surface area contributed by atoms with Gasteiger partial charge in [0.05, 0.1) is 0 Å². The molecule has 2 N–H and O–H groups in total. The Hall–Kier alpha value is -0.650. The maximum absolute atomic E-state index is 9.65. The van der Waals surface area contributed by atoms with Crippen LogP contribution in [0.3, 0.4) is 0 Å². The minimum Gasteiger partial charge on any atom is -0.504 e. The first-order valence-corrected chi connectivity index (χ1v) is 4.79. The molecule has 0 saturated heterocycles. The van der Waals surface area contributed by atoms with Gasteiger partial charge in [-0.1, -0.05) is 19.9 Å². The number of phenols is 2. The zero-order chi connectivity index (χ0) is 10.0. The Morgan fingerprint density at radius 3 is 2.38 bits per heavy atom. The van der Waals surface area contributed by atoms with Crippen molar-refractivity contribution >= 4 is 23.0 Å². The van der Waals surface area contributed by atoms with Crippen molar-refractivity contribution in [1.82, 2.24) is 0 Å². The second kappa shape index (κ2) is 4.04. The van der Waals surface area contributed by atoms with E-state index in [1.54, 1.807) is 29.1 Å². The van der Waals surface area contributed by atoms with E-state index in [2.05, 4.69) is 0 Å². The number of hydrogen-bond acceptors (Lipinski definition) is 3. The van der Waals surface area contributed by atoms with Crippen molar-refractivity contribution < 1.29 is 13.3 Å². The Balaban J connectivity index is 3.27. The molecule has 0 heterocycles. The fourth-order valence-corrected chi connectivity index (χ4v) is 1.55. The molecule has 1 aromatic rings. The summed E-state index contributed by atoms with van der Waals surface area (Å²) in [6.07, 6.45) is 0. The fraction of sp³-hybridized carbons (Fsp3) is 0.333. The van der Waals surface area contributed by atoms with Gasteiger partial charge in [-0.2, -0.15) is 0 Å². The summed E-state index contributed by atoms with van der Waals surface area (Å²) in [5.41, 5.74) is 0.768. The molecule has 72 valence electrons. The predicted molar refractivity (Wildman–Crippen MR) is 58.5 cm³/mol. The SMILES string of the molecule is CC(C)c1ccc(O)c(OI)c1O. The van der Waals surface area contributed by atoms with Crippen molar-refractivity contribution in [1.29, 1.82) is 0 Å². The lowest BCUT2D eigenvalue weighted by Gasteiger charge is -2.11. The molecule has 0 aliphatic carbocycles. The molecule has 0 bridgehead atoms. The summed E-state index contributed by atoms with van der Waals surface area (Å²) in [5, 5.41) is 19.0. The van der Waals surface area contributed by atoms with Crippen LogP contribution in [-0.2, 0) is 0 Å². The van der Waals surface area contributed by atoms with E-state index in [1.165, 1.54) is 6.07 Å². The Bertz CT molecular complexity index is 310. The van der Waals surface area contributed by atoms with Crippen LogP contribution in [0.25, 0.3) is 0 Å². The van der Waals surface area contributed by atoms with Crippen LogP contribution in [0.4, 0.5) is 0 Å². The van der Waals surface area contributed by atoms with Gasteiger partial charge in [0.2, 0.25) is 5.75 Å². The maximum atomic E-state index is 9.65. The van der Waals surface area contributed by atoms with Crippen LogP contribution in [0.1, 0.15) is 25.3 Å². The van der Waals surface area contributed by atoms with E-state index in [-0.39, 0.29) is 23.2 Å². The lowest BCUT2D eigenvalue weighted by atomic mass is 10.0. The summed E-state index contributed by atoms with van der Waals surface area (Å²) in [5.74, 6) is 0.304. The fourth-order valence-electron chi connectivity index (χ4n) is 1.12. The van der Waals surface area contributed by atoms with Crippen LogP contribution in [0, 0.1) is 0 Å². The van der Waals surface area contributed by atoms with Crippen molar-refractivity contribution in [2.75, 3.05) is 0 Å². The van der Waals surface area contributed by atoms with Gasteiger partial charge < -0.3 is 13.3 Å². The van der Waals surface area contributed by atoms with Crippen molar-refractivity contribution in [3.05, 3.63) is 17.7 Å². The van der Waals surface area contributed by atoms with E-state index in [4.69, 9.17) is 3.07 Å². The Morgan fingerprint density at radius 1 is 1.31 bits per heavy atom. The van der Waals surface area contributed by atoms with Gasteiger partial charge in [-0.25, -0.2) is 0 Å². The molecule has 0 unspecified atom stereocenters. The molecule has 13 heavy (non-hydrogen) atoms. The molecule has 4 heteroatoms. The minimum atomic E-state index is -0.0451. The number of rotatable bonds is 2. The maximum Gasteiger partial charge on any atom is 0.216 e. The molecule has 0 radical (unpaired) electrons. The zero-order valence-electron chi connectivity index (χ0n) is 7.41. The largest absolute Gasteiger partial charge is 0.504 e. The van der Waals surface area contributed by atoms with E-state index in [1.807, 2.05) is 13.8 Å². The highest BCUT2D eigenvalue weighted by atomic mass is 127. The number of aromatic hydroxyl groups is 2. The molecule has 0 aliphatic heterocycles. The van der Waals surface area contributed by atoms with E-state index < -0.39 is 0 Å². The summed E-state index contributed by atoms with van der Waals surface area (Å²) >= 11 is 1.62. The summed E-state index contributed by atoms with van der Waals surface area (Å²) < 4.78 is 4.84. The summed E-state index contributed by atoms with van der Waals surface area (Å²) in [4.78, 5) is 0. The van der Waals surface area contributed by atoms with E-state index in [0.29, 0.717) is 0 Å². The Morgan fingerprint density at radius 2 is 1.92 bits per heavy atom. The summed E-state index contributed by atoms with van der Waals surface area (Å²) in [6.45, 7) is 3.92. The standard InChI is InChI=1S/C9H11IO3/c1-5(2)6-3-4-7(11)9(13-10)8(6)12/h3-5,11-12H,1-2H3. The first-order valence-electron chi connectivity index (χ1n) is 3.91. The quantitative estimate of drug-likeness (QED) is 0.824. The van der Waals surface area contributed by atoms with Crippen LogP contribution in [0.2, 0.25) is 0 Å². The molecule has 0 fully saturated rings. The number of hydrogen-bond donors (Lipinski definition) is 2. The average molecular weight is 294 g/mol.